The maximum atomic E-state index is 13.9. The van der Waals surface area contributed by atoms with Crippen molar-refractivity contribution < 1.29 is 22.7 Å². The highest BCUT2D eigenvalue weighted by Crippen LogP contribution is 2.37. The Morgan fingerprint density at radius 3 is 2.43 bits per heavy atom. The summed E-state index contributed by atoms with van der Waals surface area (Å²) in [6.07, 6.45) is 1.54. The number of rotatable bonds is 9. The largest absolute Gasteiger partial charge is 0.494 e. The molecule has 1 aliphatic carbocycles. The van der Waals surface area contributed by atoms with Crippen LogP contribution >= 0.6 is 0 Å². The number of carbonyl (C=O) groups is 1. The third kappa shape index (κ3) is 6.57. The van der Waals surface area contributed by atoms with Gasteiger partial charge in [-0.1, -0.05) is 12.1 Å². The molecule has 1 saturated carbocycles. The molecule has 4 aliphatic rings. The SMILES string of the molecule is COc1cc(N2CCN(C3CCN(C4CC4)CC3)CC2)ccc1Nc1ncc(C(F)(F)F)c(NCc2cccc3c2CC(=O)N3)n1. The maximum absolute atomic E-state index is 13.9. The van der Waals surface area contributed by atoms with E-state index in [2.05, 4.69) is 40.6 Å². The Morgan fingerprint density at radius 1 is 0.978 bits per heavy atom. The van der Waals surface area contributed by atoms with Crippen LogP contribution in [0.15, 0.2) is 42.6 Å². The van der Waals surface area contributed by atoms with Crippen LogP contribution in [-0.4, -0.2) is 84.1 Å². The zero-order valence-electron chi connectivity index (χ0n) is 25.9. The summed E-state index contributed by atoms with van der Waals surface area (Å²) in [6, 6.07) is 12.6. The molecule has 3 N–H and O–H groups in total. The Balaban J connectivity index is 1.01. The molecule has 3 aliphatic heterocycles. The second-order valence-corrected chi connectivity index (χ2v) is 12.5. The minimum absolute atomic E-state index is 0.00182. The quantitative estimate of drug-likeness (QED) is 0.296. The number of amides is 1. The number of hydrogen-bond donors (Lipinski definition) is 3. The van der Waals surface area contributed by atoms with Gasteiger partial charge in [0.05, 0.1) is 19.2 Å². The van der Waals surface area contributed by atoms with E-state index in [1.807, 2.05) is 18.2 Å². The second-order valence-electron chi connectivity index (χ2n) is 12.5. The average molecular weight is 637 g/mol. The average Bonchev–Trinajstić information content (AvgIpc) is 3.84. The van der Waals surface area contributed by atoms with Crippen LogP contribution in [0.25, 0.3) is 0 Å². The Morgan fingerprint density at radius 2 is 1.72 bits per heavy atom. The predicted octanol–water partition coefficient (Wildman–Crippen LogP) is 5.10. The lowest BCUT2D eigenvalue weighted by atomic mass is 10.0. The topological polar surface area (TPSA) is 97.9 Å². The number of carbonyl (C=O) groups excluding carboxylic acids is 1. The molecule has 4 heterocycles. The van der Waals surface area contributed by atoms with Gasteiger partial charge < -0.3 is 30.5 Å². The summed E-state index contributed by atoms with van der Waals surface area (Å²) in [4.78, 5) is 27.7. The smallest absolute Gasteiger partial charge is 0.421 e. The zero-order chi connectivity index (χ0) is 31.8. The molecular formula is C33H39F3N8O2. The van der Waals surface area contributed by atoms with Crippen molar-refractivity contribution in [3.8, 4) is 5.75 Å². The van der Waals surface area contributed by atoms with Gasteiger partial charge in [0, 0.05) is 68.4 Å². The molecule has 0 spiro atoms. The van der Waals surface area contributed by atoms with Crippen LogP contribution in [-0.2, 0) is 23.9 Å². The van der Waals surface area contributed by atoms with E-state index in [4.69, 9.17) is 4.74 Å². The van der Waals surface area contributed by atoms with E-state index in [1.165, 1.54) is 38.8 Å². The van der Waals surface area contributed by atoms with Crippen molar-refractivity contribution in [2.45, 2.75) is 56.9 Å². The molecule has 0 unspecified atom stereocenters. The molecular weight excluding hydrogens is 597 g/mol. The third-order valence-electron chi connectivity index (χ3n) is 9.61. The first-order chi connectivity index (χ1) is 22.2. The van der Waals surface area contributed by atoms with Crippen molar-refractivity contribution in [3.63, 3.8) is 0 Å². The lowest BCUT2D eigenvalue weighted by Crippen LogP contribution is -2.53. The highest BCUT2D eigenvalue weighted by atomic mass is 19.4. The van der Waals surface area contributed by atoms with Crippen molar-refractivity contribution in [2.75, 3.05) is 67.2 Å². The van der Waals surface area contributed by atoms with Crippen molar-refractivity contribution in [3.05, 3.63) is 59.3 Å². The van der Waals surface area contributed by atoms with Crippen LogP contribution in [0.3, 0.4) is 0 Å². The number of anilines is 5. The van der Waals surface area contributed by atoms with Crippen LogP contribution in [0.5, 0.6) is 5.75 Å². The van der Waals surface area contributed by atoms with Crippen LogP contribution in [0.1, 0.15) is 42.4 Å². The summed E-state index contributed by atoms with van der Waals surface area (Å²) in [6.45, 7) is 6.37. The van der Waals surface area contributed by atoms with Gasteiger partial charge in [0.1, 0.15) is 17.1 Å². The number of piperidine rings is 1. The number of likely N-dealkylation sites (tertiary alicyclic amines) is 1. The van der Waals surface area contributed by atoms with E-state index in [0.717, 1.165) is 49.7 Å². The fraction of sp³-hybridized carbons (Fsp3) is 0.485. The van der Waals surface area contributed by atoms with Gasteiger partial charge in [-0.05, 0) is 68.1 Å². The summed E-state index contributed by atoms with van der Waals surface area (Å²) in [5.74, 6) is 0.0424. The fourth-order valence-electron chi connectivity index (χ4n) is 6.95. The lowest BCUT2D eigenvalue weighted by molar-refractivity contribution is -0.137. The van der Waals surface area contributed by atoms with Crippen molar-refractivity contribution in [2.24, 2.45) is 0 Å². The molecule has 0 atom stereocenters. The number of nitrogens with zero attached hydrogens (tertiary/aromatic N) is 5. The number of alkyl halides is 3. The van der Waals surface area contributed by atoms with Gasteiger partial charge in [0.15, 0.2) is 0 Å². The van der Waals surface area contributed by atoms with Crippen LogP contribution in [0, 0.1) is 0 Å². The minimum atomic E-state index is -4.66. The number of ether oxygens (including phenoxy) is 1. The minimum Gasteiger partial charge on any atom is -0.494 e. The number of benzene rings is 2. The van der Waals surface area contributed by atoms with E-state index in [-0.39, 0.29) is 30.6 Å². The van der Waals surface area contributed by atoms with Gasteiger partial charge in [-0.15, -0.1) is 0 Å². The molecule has 1 aromatic heterocycles. The Kier molecular flexibility index (Phi) is 8.36. The zero-order valence-corrected chi connectivity index (χ0v) is 25.9. The summed E-state index contributed by atoms with van der Waals surface area (Å²) in [5, 5.41) is 8.64. The van der Waals surface area contributed by atoms with E-state index in [1.54, 1.807) is 25.3 Å². The third-order valence-corrected chi connectivity index (χ3v) is 9.61. The van der Waals surface area contributed by atoms with Gasteiger partial charge >= 0.3 is 6.18 Å². The fourth-order valence-corrected chi connectivity index (χ4v) is 6.95. The monoisotopic (exact) mass is 636 g/mol. The molecule has 7 rings (SSSR count). The first-order valence-electron chi connectivity index (χ1n) is 16.0. The van der Waals surface area contributed by atoms with Crippen molar-refractivity contribution in [1.29, 1.82) is 0 Å². The van der Waals surface area contributed by atoms with E-state index in [9.17, 15) is 18.0 Å². The Labute approximate surface area is 266 Å². The highest BCUT2D eigenvalue weighted by molar-refractivity contribution is 5.99. The molecule has 3 fully saturated rings. The molecule has 2 saturated heterocycles. The molecule has 13 heteroatoms. The Hall–Kier alpha value is -4.10. The van der Waals surface area contributed by atoms with Crippen LogP contribution in [0.4, 0.5) is 42.0 Å². The summed E-state index contributed by atoms with van der Waals surface area (Å²) in [5.41, 5.74) is 2.76. The number of nitrogens with one attached hydrogen (secondary N) is 3. The van der Waals surface area contributed by atoms with Gasteiger partial charge in [0.2, 0.25) is 11.9 Å². The van der Waals surface area contributed by atoms with Gasteiger partial charge in [-0.3, -0.25) is 9.69 Å². The summed E-state index contributed by atoms with van der Waals surface area (Å²) >= 11 is 0. The molecule has 244 valence electrons. The van der Waals surface area contributed by atoms with Crippen LogP contribution in [0.2, 0.25) is 0 Å². The number of aromatic nitrogens is 2. The summed E-state index contributed by atoms with van der Waals surface area (Å²) < 4.78 is 47.4. The van der Waals surface area contributed by atoms with Gasteiger partial charge in [-0.25, -0.2) is 4.98 Å². The van der Waals surface area contributed by atoms with E-state index >= 15 is 0 Å². The first-order valence-corrected chi connectivity index (χ1v) is 16.0. The Bertz CT molecular complexity index is 1580. The highest BCUT2D eigenvalue weighted by Gasteiger charge is 2.36. The normalized spacial score (nSPS) is 19.6. The van der Waals surface area contributed by atoms with Gasteiger partial charge in [0.25, 0.3) is 0 Å². The molecule has 46 heavy (non-hydrogen) atoms. The molecule has 0 bridgehead atoms. The standard InChI is InChI=1S/C33H39F3N8O2/c1-46-29-17-24(44-15-13-43(14-16-44)23-9-11-42(12-10-23)22-5-6-22)7-8-28(29)40-32-38-20-26(33(34,35)36)31(41-32)37-19-21-3-2-4-27-25(21)18-30(45)39-27/h2-4,7-8,17,20,22-23H,5-6,9-16,18-19H2,1H3,(H,39,45)(H2,37,38,40,41). The number of methoxy groups -OCH3 is 1. The molecule has 10 nitrogen and oxygen atoms in total. The number of hydrogen-bond acceptors (Lipinski definition) is 9. The lowest BCUT2D eigenvalue weighted by Gasteiger charge is -2.43. The van der Waals surface area contributed by atoms with Crippen molar-refractivity contribution >= 4 is 34.7 Å². The molecule has 1 amide bonds. The maximum Gasteiger partial charge on any atom is 0.421 e. The number of halogens is 3. The van der Waals surface area contributed by atoms with Gasteiger partial charge in [-0.2, -0.15) is 18.2 Å². The second kappa shape index (κ2) is 12.6. The molecule has 2 aromatic carbocycles. The first kappa shape index (κ1) is 30.5. The summed E-state index contributed by atoms with van der Waals surface area (Å²) in [7, 11) is 1.56. The number of piperazine rings is 1. The van der Waals surface area contributed by atoms with Crippen molar-refractivity contribution in [1.82, 2.24) is 19.8 Å². The number of fused-ring (bicyclic) bond motifs is 1. The van der Waals surface area contributed by atoms with E-state index < -0.39 is 11.7 Å². The predicted molar refractivity (Wildman–Crippen MR) is 171 cm³/mol. The molecule has 0 radical (unpaired) electrons. The van der Waals surface area contributed by atoms with Crippen LogP contribution < -0.4 is 25.6 Å². The van der Waals surface area contributed by atoms with E-state index in [0.29, 0.717) is 28.7 Å². The molecule has 3 aromatic rings.